The van der Waals surface area contributed by atoms with Crippen LogP contribution >= 0.6 is 0 Å². The molecule has 0 aromatic carbocycles. The fourth-order valence-corrected chi connectivity index (χ4v) is 5.71. The van der Waals surface area contributed by atoms with E-state index in [0.717, 1.165) is 18.1 Å². The molecule has 22 heavy (non-hydrogen) atoms. The smallest absolute Gasteiger partial charge is 0.417 e. The predicted octanol–water partition coefficient (Wildman–Crippen LogP) is 3.57. The molecule has 0 spiro atoms. The Balaban J connectivity index is 2.87. The highest BCUT2D eigenvalue weighted by Crippen LogP contribution is 2.34. The van der Waals surface area contributed by atoms with E-state index in [1.165, 1.54) is 11.0 Å². The van der Waals surface area contributed by atoms with Crippen molar-refractivity contribution < 1.29 is 18.8 Å². The van der Waals surface area contributed by atoms with Gasteiger partial charge in [0.15, 0.2) is 8.32 Å². The van der Waals surface area contributed by atoms with E-state index in [9.17, 15) is 9.59 Å². The number of amides is 2. The summed E-state index contributed by atoms with van der Waals surface area (Å²) in [6.07, 6.45) is 0.395. The zero-order chi connectivity index (χ0) is 16.9. The van der Waals surface area contributed by atoms with Crippen molar-refractivity contribution in [1.82, 2.24) is 4.90 Å². The van der Waals surface area contributed by atoms with Crippen molar-refractivity contribution in [1.29, 1.82) is 0 Å². The van der Waals surface area contributed by atoms with Crippen molar-refractivity contribution >= 4 is 20.3 Å². The van der Waals surface area contributed by atoms with E-state index in [4.69, 9.17) is 9.16 Å². The van der Waals surface area contributed by atoms with Crippen LogP contribution in [0.4, 0.5) is 4.79 Å². The summed E-state index contributed by atoms with van der Waals surface area (Å²) in [7, 11) is -1.89. The Morgan fingerprint density at radius 1 is 1.32 bits per heavy atom. The highest BCUT2D eigenvalue weighted by Gasteiger charge is 2.55. The third-order valence-electron chi connectivity index (χ3n) is 4.60. The molecule has 6 heteroatoms. The summed E-state index contributed by atoms with van der Waals surface area (Å²) in [6, 6.07) is 2.71. The lowest BCUT2D eigenvalue weighted by atomic mass is 9.89. The Kier molecular flexibility index (Phi) is 6.81. The zero-order valence-electron chi connectivity index (χ0n) is 14.4. The molecule has 1 rings (SSSR count). The first kappa shape index (κ1) is 18.9. The molecule has 2 amide bonds. The maximum absolute atomic E-state index is 12.4. The minimum Gasteiger partial charge on any atom is -0.445 e. The molecular formula is C16H29NO4Si. The third-order valence-corrected chi connectivity index (χ3v) is 9.22. The first-order chi connectivity index (χ1) is 10.4. The van der Waals surface area contributed by atoms with Gasteiger partial charge in [-0.2, -0.15) is 0 Å². The summed E-state index contributed by atoms with van der Waals surface area (Å²) in [5.41, 5.74) is 0. The van der Waals surface area contributed by atoms with Crippen molar-refractivity contribution in [2.75, 3.05) is 6.61 Å². The SMILES string of the molecule is C=CCOC(=O)N1C(=O)[C@@H](O[Si](CC)(CC)CC)[C@H]1C(C)C. The molecule has 0 aliphatic carbocycles. The molecule has 1 heterocycles. The van der Waals surface area contributed by atoms with Gasteiger partial charge in [0.1, 0.15) is 12.7 Å². The molecule has 0 aromatic rings. The van der Waals surface area contributed by atoms with E-state index in [-0.39, 0.29) is 24.5 Å². The normalized spacial score (nSPS) is 21.7. The first-order valence-electron chi connectivity index (χ1n) is 8.15. The second-order valence-corrected chi connectivity index (χ2v) is 10.8. The minimum atomic E-state index is -1.89. The molecule has 0 unspecified atom stereocenters. The second-order valence-electron chi connectivity index (χ2n) is 6.09. The number of nitrogens with zero attached hydrogens (tertiary/aromatic N) is 1. The number of imide groups is 1. The number of hydrogen-bond donors (Lipinski definition) is 0. The molecule has 0 bridgehead atoms. The van der Waals surface area contributed by atoms with Crippen molar-refractivity contribution in [3.8, 4) is 0 Å². The van der Waals surface area contributed by atoms with Gasteiger partial charge in [-0.1, -0.05) is 47.3 Å². The molecule has 1 fully saturated rings. The van der Waals surface area contributed by atoms with Gasteiger partial charge in [0, 0.05) is 0 Å². The lowest BCUT2D eigenvalue weighted by Crippen LogP contribution is -2.71. The van der Waals surface area contributed by atoms with E-state index < -0.39 is 20.5 Å². The molecule has 5 nitrogen and oxygen atoms in total. The van der Waals surface area contributed by atoms with Crippen LogP contribution in [0.15, 0.2) is 12.7 Å². The van der Waals surface area contributed by atoms with Crippen molar-refractivity contribution in [3.63, 3.8) is 0 Å². The summed E-state index contributed by atoms with van der Waals surface area (Å²) in [5, 5.41) is 0. The molecular weight excluding hydrogens is 298 g/mol. The molecule has 126 valence electrons. The molecule has 1 aliphatic rings. The van der Waals surface area contributed by atoms with Gasteiger partial charge < -0.3 is 9.16 Å². The molecule has 0 aromatic heterocycles. The van der Waals surface area contributed by atoms with E-state index in [2.05, 4.69) is 27.4 Å². The topological polar surface area (TPSA) is 55.8 Å². The maximum Gasteiger partial charge on any atom is 0.417 e. The fourth-order valence-electron chi connectivity index (χ4n) is 2.93. The van der Waals surface area contributed by atoms with Crippen LogP contribution in [0.3, 0.4) is 0 Å². The molecule has 1 saturated heterocycles. The minimum absolute atomic E-state index is 0.108. The van der Waals surface area contributed by atoms with Crippen LogP contribution in [0.5, 0.6) is 0 Å². The van der Waals surface area contributed by atoms with E-state index >= 15 is 0 Å². The third kappa shape index (κ3) is 3.60. The van der Waals surface area contributed by atoms with Crippen LogP contribution in [0.2, 0.25) is 18.1 Å². The summed E-state index contributed by atoms with van der Waals surface area (Å²) in [4.78, 5) is 25.6. The van der Waals surface area contributed by atoms with Gasteiger partial charge in [0.25, 0.3) is 5.91 Å². The Labute approximate surface area is 134 Å². The number of hydrogen-bond acceptors (Lipinski definition) is 4. The van der Waals surface area contributed by atoms with Gasteiger partial charge >= 0.3 is 6.09 Å². The van der Waals surface area contributed by atoms with Crippen LogP contribution in [-0.4, -0.2) is 44.0 Å². The molecule has 1 aliphatic heterocycles. The summed E-state index contributed by atoms with van der Waals surface area (Å²) >= 11 is 0. The van der Waals surface area contributed by atoms with Crippen LogP contribution < -0.4 is 0 Å². The van der Waals surface area contributed by atoms with Crippen LogP contribution in [-0.2, 0) is 14.0 Å². The van der Waals surface area contributed by atoms with Gasteiger partial charge in [0.05, 0.1) is 6.04 Å². The van der Waals surface area contributed by atoms with E-state index in [0.29, 0.717) is 0 Å². The lowest BCUT2D eigenvalue weighted by molar-refractivity contribution is -0.163. The Hall–Kier alpha value is -1.14. The number of likely N-dealkylation sites (tertiary alicyclic amines) is 1. The Morgan fingerprint density at radius 3 is 2.27 bits per heavy atom. The highest BCUT2D eigenvalue weighted by atomic mass is 28.4. The monoisotopic (exact) mass is 327 g/mol. The maximum atomic E-state index is 12.4. The summed E-state index contributed by atoms with van der Waals surface area (Å²) in [6.45, 7) is 14.0. The second kappa shape index (κ2) is 7.92. The van der Waals surface area contributed by atoms with Gasteiger partial charge in [-0.25, -0.2) is 9.69 Å². The predicted molar refractivity (Wildman–Crippen MR) is 89.1 cm³/mol. The quantitative estimate of drug-likeness (QED) is 0.388. The Morgan fingerprint density at radius 2 is 1.86 bits per heavy atom. The average Bonchev–Trinajstić information content (AvgIpc) is 2.51. The summed E-state index contributed by atoms with van der Waals surface area (Å²) in [5.74, 6) is -0.128. The molecule has 0 radical (unpaired) electrons. The van der Waals surface area contributed by atoms with Crippen LogP contribution in [0.1, 0.15) is 34.6 Å². The van der Waals surface area contributed by atoms with Crippen LogP contribution in [0, 0.1) is 5.92 Å². The first-order valence-corrected chi connectivity index (χ1v) is 10.7. The Bertz CT molecular complexity index is 412. The number of carbonyl (C=O) groups excluding carboxylic acids is 2. The number of rotatable bonds is 8. The fraction of sp³-hybridized carbons (Fsp3) is 0.750. The van der Waals surface area contributed by atoms with Crippen molar-refractivity contribution in [2.24, 2.45) is 5.92 Å². The van der Waals surface area contributed by atoms with Gasteiger partial charge in [0.2, 0.25) is 0 Å². The van der Waals surface area contributed by atoms with Crippen molar-refractivity contribution in [3.05, 3.63) is 12.7 Å². The van der Waals surface area contributed by atoms with Gasteiger partial charge in [-0.15, -0.1) is 0 Å². The van der Waals surface area contributed by atoms with E-state index in [1.807, 2.05) is 13.8 Å². The zero-order valence-corrected chi connectivity index (χ0v) is 15.4. The summed E-state index contributed by atoms with van der Waals surface area (Å²) < 4.78 is 11.3. The number of β-lactam (4-membered cyclic amide) rings is 1. The van der Waals surface area contributed by atoms with Crippen LogP contribution in [0.25, 0.3) is 0 Å². The van der Waals surface area contributed by atoms with Gasteiger partial charge in [-0.05, 0) is 24.1 Å². The molecule has 0 N–H and O–H groups in total. The average molecular weight is 327 g/mol. The van der Waals surface area contributed by atoms with Gasteiger partial charge in [-0.3, -0.25) is 4.79 Å². The lowest BCUT2D eigenvalue weighted by Gasteiger charge is -2.49. The van der Waals surface area contributed by atoms with E-state index in [1.54, 1.807) is 0 Å². The largest absolute Gasteiger partial charge is 0.445 e. The molecule has 0 saturated carbocycles. The molecule has 2 atom stereocenters. The number of ether oxygens (including phenoxy) is 1. The number of carbonyl (C=O) groups is 2. The van der Waals surface area contributed by atoms with Crippen molar-refractivity contribution in [2.45, 2.75) is 64.9 Å². The standard InChI is InChI=1S/C16H29NO4Si/c1-7-11-20-16(19)17-13(12(5)6)14(15(17)18)21-22(8-2,9-3)10-4/h7,12-14H,1,8-11H2,2-6H3/t13-,14+/m1/s1. The highest BCUT2D eigenvalue weighted by molar-refractivity contribution is 6.73.